The Morgan fingerprint density at radius 2 is 1.75 bits per heavy atom. The Labute approximate surface area is 97.7 Å². The van der Waals surface area contributed by atoms with Gasteiger partial charge in [-0.1, -0.05) is 24.3 Å². The van der Waals surface area contributed by atoms with Gasteiger partial charge in [0.2, 0.25) is 0 Å². The zero-order valence-electron chi connectivity index (χ0n) is 10.3. The fourth-order valence-corrected chi connectivity index (χ4v) is 1.47. The van der Waals surface area contributed by atoms with E-state index in [-0.39, 0.29) is 0 Å². The molecule has 0 radical (unpaired) electrons. The molecule has 1 aromatic carbocycles. The topological polar surface area (TPSA) is 30.5 Å². The molecule has 0 amide bonds. The van der Waals surface area contributed by atoms with Gasteiger partial charge in [-0.25, -0.2) is 0 Å². The van der Waals surface area contributed by atoms with Gasteiger partial charge in [-0.05, 0) is 30.9 Å². The minimum atomic E-state index is 0.329. The SMILES string of the molecule is CONCc1ccc(CCC(C)OC)cc1. The summed E-state index contributed by atoms with van der Waals surface area (Å²) in [5.74, 6) is 0. The zero-order valence-corrected chi connectivity index (χ0v) is 10.3. The van der Waals surface area contributed by atoms with Crippen LogP contribution in [0.15, 0.2) is 24.3 Å². The lowest BCUT2D eigenvalue weighted by atomic mass is 10.1. The molecule has 1 aromatic rings. The summed E-state index contributed by atoms with van der Waals surface area (Å²) >= 11 is 0. The van der Waals surface area contributed by atoms with Gasteiger partial charge < -0.3 is 9.57 Å². The van der Waals surface area contributed by atoms with Crippen LogP contribution in [0.2, 0.25) is 0 Å². The highest BCUT2D eigenvalue weighted by Gasteiger charge is 2.00. The predicted molar refractivity (Wildman–Crippen MR) is 65.1 cm³/mol. The molecule has 3 heteroatoms. The van der Waals surface area contributed by atoms with Crippen LogP contribution in [0.1, 0.15) is 24.5 Å². The van der Waals surface area contributed by atoms with Gasteiger partial charge in [0.25, 0.3) is 0 Å². The second-order valence-electron chi connectivity index (χ2n) is 3.93. The smallest absolute Gasteiger partial charge is 0.0572 e. The van der Waals surface area contributed by atoms with Gasteiger partial charge in [0, 0.05) is 13.7 Å². The third kappa shape index (κ3) is 4.75. The summed E-state index contributed by atoms with van der Waals surface area (Å²) in [5.41, 5.74) is 5.40. The summed E-state index contributed by atoms with van der Waals surface area (Å²) in [6.07, 6.45) is 2.45. The number of nitrogens with one attached hydrogen (secondary N) is 1. The molecule has 0 aliphatic carbocycles. The summed E-state index contributed by atoms with van der Waals surface area (Å²) < 4.78 is 5.22. The maximum Gasteiger partial charge on any atom is 0.0572 e. The van der Waals surface area contributed by atoms with Gasteiger partial charge >= 0.3 is 0 Å². The van der Waals surface area contributed by atoms with Crippen LogP contribution in [0.4, 0.5) is 0 Å². The number of methoxy groups -OCH3 is 1. The van der Waals surface area contributed by atoms with Crippen LogP contribution in [0, 0.1) is 0 Å². The molecule has 90 valence electrons. The molecule has 0 fully saturated rings. The third-order valence-electron chi connectivity index (χ3n) is 2.69. The highest BCUT2D eigenvalue weighted by Crippen LogP contribution is 2.09. The van der Waals surface area contributed by atoms with E-state index in [9.17, 15) is 0 Å². The highest BCUT2D eigenvalue weighted by atomic mass is 16.6. The van der Waals surface area contributed by atoms with Crippen LogP contribution >= 0.6 is 0 Å². The van der Waals surface area contributed by atoms with E-state index in [0.717, 1.165) is 19.4 Å². The van der Waals surface area contributed by atoms with Crippen molar-refractivity contribution in [2.45, 2.75) is 32.4 Å². The van der Waals surface area contributed by atoms with Gasteiger partial charge in [0.05, 0.1) is 13.2 Å². The molecular weight excluding hydrogens is 202 g/mol. The number of hydrogen-bond donors (Lipinski definition) is 1. The molecule has 0 heterocycles. The number of hydrogen-bond acceptors (Lipinski definition) is 3. The Hall–Kier alpha value is -0.900. The molecule has 0 spiro atoms. The third-order valence-corrected chi connectivity index (χ3v) is 2.69. The summed E-state index contributed by atoms with van der Waals surface area (Å²) in [4.78, 5) is 4.80. The molecule has 1 unspecified atom stereocenters. The minimum absolute atomic E-state index is 0.329. The first-order chi connectivity index (χ1) is 7.76. The molecule has 1 atom stereocenters. The Morgan fingerprint density at radius 1 is 1.12 bits per heavy atom. The average molecular weight is 223 g/mol. The van der Waals surface area contributed by atoms with E-state index in [1.807, 2.05) is 0 Å². The van der Waals surface area contributed by atoms with E-state index >= 15 is 0 Å². The van der Waals surface area contributed by atoms with Crippen molar-refractivity contribution in [3.63, 3.8) is 0 Å². The molecule has 0 saturated carbocycles. The van der Waals surface area contributed by atoms with Crippen LogP contribution in [0.5, 0.6) is 0 Å². The molecule has 1 N–H and O–H groups in total. The monoisotopic (exact) mass is 223 g/mol. The number of ether oxygens (including phenoxy) is 1. The summed E-state index contributed by atoms with van der Waals surface area (Å²) in [6, 6.07) is 8.57. The largest absolute Gasteiger partial charge is 0.382 e. The second-order valence-corrected chi connectivity index (χ2v) is 3.93. The van der Waals surface area contributed by atoms with Crippen molar-refractivity contribution in [1.29, 1.82) is 0 Å². The van der Waals surface area contributed by atoms with Crippen molar-refractivity contribution in [2.24, 2.45) is 0 Å². The first-order valence-corrected chi connectivity index (χ1v) is 5.62. The molecule has 16 heavy (non-hydrogen) atoms. The van der Waals surface area contributed by atoms with Gasteiger partial charge in [-0.2, -0.15) is 5.48 Å². The van der Waals surface area contributed by atoms with Crippen molar-refractivity contribution in [3.8, 4) is 0 Å². The van der Waals surface area contributed by atoms with E-state index in [1.165, 1.54) is 11.1 Å². The first-order valence-electron chi connectivity index (χ1n) is 5.62. The van der Waals surface area contributed by atoms with Gasteiger partial charge in [0.15, 0.2) is 0 Å². The van der Waals surface area contributed by atoms with Crippen LogP contribution in [-0.4, -0.2) is 20.3 Å². The lowest BCUT2D eigenvalue weighted by molar-refractivity contribution is 0.0867. The fourth-order valence-electron chi connectivity index (χ4n) is 1.47. The standard InChI is InChI=1S/C13H21NO2/c1-11(15-2)4-5-12-6-8-13(9-7-12)10-14-16-3/h6-9,11,14H,4-5,10H2,1-3H3. The van der Waals surface area contributed by atoms with Gasteiger partial charge in [0.1, 0.15) is 0 Å². The molecule has 0 aliphatic rings. The minimum Gasteiger partial charge on any atom is -0.382 e. The number of rotatable bonds is 7. The van der Waals surface area contributed by atoms with Crippen molar-refractivity contribution < 1.29 is 9.57 Å². The number of benzene rings is 1. The molecule has 3 nitrogen and oxygen atoms in total. The molecule has 0 aromatic heterocycles. The normalized spacial score (nSPS) is 12.7. The van der Waals surface area contributed by atoms with Crippen LogP contribution in [0.25, 0.3) is 0 Å². The zero-order chi connectivity index (χ0) is 11.8. The Bertz CT molecular complexity index is 284. The summed E-state index contributed by atoms with van der Waals surface area (Å²) in [5, 5.41) is 0. The lowest BCUT2D eigenvalue weighted by Crippen LogP contribution is -2.10. The average Bonchev–Trinajstić information content (AvgIpc) is 2.34. The molecule has 1 rings (SSSR count). The molecule has 0 aliphatic heterocycles. The van der Waals surface area contributed by atoms with Gasteiger partial charge in [-0.3, -0.25) is 0 Å². The maximum atomic E-state index is 5.22. The van der Waals surface area contributed by atoms with E-state index < -0.39 is 0 Å². The predicted octanol–water partition coefficient (Wildman–Crippen LogP) is 2.31. The second kappa shape index (κ2) is 7.39. The van der Waals surface area contributed by atoms with E-state index in [4.69, 9.17) is 9.57 Å². The Balaban J connectivity index is 2.38. The summed E-state index contributed by atoms with van der Waals surface area (Å²) in [7, 11) is 3.38. The van der Waals surface area contributed by atoms with Crippen LogP contribution in [-0.2, 0) is 22.5 Å². The van der Waals surface area contributed by atoms with Crippen LogP contribution in [0.3, 0.4) is 0 Å². The van der Waals surface area contributed by atoms with Crippen molar-refractivity contribution in [3.05, 3.63) is 35.4 Å². The lowest BCUT2D eigenvalue weighted by Gasteiger charge is -2.09. The number of hydroxylamine groups is 1. The van der Waals surface area contributed by atoms with E-state index in [1.54, 1.807) is 14.2 Å². The number of aryl methyl sites for hydroxylation is 1. The summed E-state index contributed by atoms with van der Waals surface area (Å²) in [6.45, 7) is 2.84. The maximum absolute atomic E-state index is 5.22. The first kappa shape index (κ1) is 13.2. The molecule has 0 saturated heterocycles. The van der Waals surface area contributed by atoms with Gasteiger partial charge in [-0.15, -0.1) is 0 Å². The Morgan fingerprint density at radius 3 is 2.31 bits per heavy atom. The Kier molecular flexibility index (Phi) is 6.08. The van der Waals surface area contributed by atoms with Crippen molar-refractivity contribution in [1.82, 2.24) is 5.48 Å². The van der Waals surface area contributed by atoms with Crippen LogP contribution < -0.4 is 5.48 Å². The van der Waals surface area contributed by atoms with E-state index in [0.29, 0.717) is 6.10 Å². The van der Waals surface area contributed by atoms with E-state index in [2.05, 4.69) is 36.7 Å². The fraction of sp³-hybridized carbons (Fsp3) is 0.538. The quantitative estimate of drug-likeness (QED) is 0.719. The molecular formula is C13H21NO2. The van der Waals surface area contributed by atoms with Crippen molar-refractivity contribution >= 4 is 0 Å². The van der Waals surface area contributed by atoms with Crippen molar-refractivity contribution in [2.75, 3.05) is 14.2 Å². The molecule has 0 bridgehead atoms. The highest BCUT2D eigenvalue weighted by molar-refractivity contribution is 5.22.